The van der Waals surface area contributed by atoms with Crippen LogP contribution < -0.4 is 0 Å². The number of carbonyl (C=O) groups is 2. The number of carbonyl (C=O) groups excluding carboxylic acids is 1. The zero-order valence-electron chi connectivity index (χ0n) is 16.9. The van der Waals surface area contributed by atoms with Crippen molar-refractivity contribution in [2.24, 2.45) is 5.41 Å². The Balaban J connectivity index is 2.02. The van der Waals surface area contributed by atoms with E-state index in [2.05, 4.69) is 0 Å². The Morgan fingerprint density at radius 3 is 2.29 bits per heavy atom. The lowest BCUT2D eigenvalue weighted by atomic mass is 9.65. The Bertz CT molecular complexity index is 719. The molecule has 0 aromatic heterocycles. The van der Waals surface area contributed by atoms with E-state index in [-0.39, 0.29) is 5.41 Å². The van der Waals surface area contributed by atoms with Gasteiger partial charge in [0.05, 0.1) is 6.04 Å². The van der Waals surface area contributed by atoms with Crippen LogP contribution in [0.2, 0.25) is 5.02 Å². The SMILES string of the molecule is CC(C)(C)OC(=O)N1CCC2(CCCCC2)[C@H]1[C@@H](C(=O)O)c1ccc(Cl)cc1. The highest BCUT2D eigenvalue weighted by atomic mass is 35.5. The van der Waals surface area contributed by atoms with E-state index >= 15 is 0 Å². The smallest absolute Gasteiger partial charge is 0.410 e. The number of aliphatic carboxylic acids is 1. The summed E-state index contributed by atoms with van der Waals surface area (Å²) in [5.74, 6) is -1.71. The van der Waals surface area contributed by atoms with Crippen molar-refractivity contribution in [3.63, 3.8) is 0 Å². The van der Waals surface area contributed by atoms with Crippen LogP contribution >= 0.6 is 11.6 Å². The molecule has 2 aliphatic rings. The Morgan fingerprint density at radius 2 is 1.75 bits per heavy atom. The molecule has 2 fully saturated rings. The minimum Gasteiger partial charge on any atom is -0.481 e. The number of benzene rings is 1. The van der Waals surface area contributed by atoms with Crippen molar-refractivity contribution in [1.82, 2.24) is 4.90 Å². The average Bonchev–Trinajstić information content (AvgIpc) is 2.94. The van der Waals surface area contributed by atoms with Gasteiger partial charge in [-0.05, 0) is 63.1 Å². The van der Waals surface area contributed by atoms with Crippen LogP contribution in [0.15, 0.2) is 24.3 Å². The largest absolute Gasteiger partial charge is 0.481 e. The molecular weight excluding hydrogens is 378 g/mol. The molecule has 154 valence electrons. The second-order valence-electron chi connectivity index (χ2n) is 9.16. The lowest BCUT2D eigenvalue weighted by Gasteiger charge is -2.43. The summed E-state index contributed by atoms with van der Waals surface area (Å²) in [6, 6.07) is 6.55. The lowest BCUT2D eigenvalue weighted by molar-refractivity contribution is -0.141. The number of ether oxygens (including phenoxy) is 1. The van der Waals surface area contributed by atoms with Crippen molar-refractivity contribution < 1.29 is 19.4 Å². The van der Waals surface area contributed by atoms with Gasteiger partial charge < -0.3 is 14.7 Å². The third kappa shape index (κ3) is 4.29. The highest BCUT2D eigenvalue weighted by molar-refractivity contribution is 6.30. The topological polar surface area (TPSA) is 66.8 Å². The molecule has 28 heavy (non-hydrogen) atoms. The highest BCUT2D eigenvalue weighted by Gasteiger charge is 2.55. The van der Waals surface area contributed by atoms with Crippen molar-refractivity contribution >= 4 is 23.7 Å². The molecule has 1 saturated carbocycles. The number of carboxylic acids is 1. The number of hydrogen-bond donors (Lipinski definition) is 1. The van der Waals surface area contributed by atoms with Gasteiger partial charge in [-0.25, -0.2) is 4.79 Å². The maximum Gasteiger partial charge on any atom is 0.410 e. The molecule has 5 nitrogen and oxygen atoms in total. The number of rotatable bonds is 3. The van der Waals surface area contributed by atoms with Crippen LogP contribution in [0.25, 0.3) is 0 Å². The monoisotopic (exact) mass is 407 g/mol. The zero-order valence-corrected chi connectivity index (χ0v) is 17.7. The maximum atomic E-state index is 13.0. The Morgan fingerprint density at radius 1 is 1.14 bits per heavy atom. The molecular formula is C22H30ClNO4. The fourth-order valence-electron chi connectivity index (χ4n) is 4.95. The van der Waals surface area contributed by atoms with Gasteiger partial charge in [-0.1, -0.05) is 43.0 Å². The minimum atomic E-state index is -0.910. The first-order chi connectivity index (χ1) is 13.1. The summed E-state index contributed by atoms with van der Waals surface area (Å²) in [6.45, 7) is 6.04. The molecule has 6 heteroatoms. The third-order valence-electron chi connectivity index (χ3n) is 6.10. The molecule has 3 rings (SSSR count). The molecule has 1 aliphatic carbocycles. The molecule has 0 unspecified atom stereocenters. The van der Waals surface area contributed by atoms with Crippen molar-refractivity contribution in [1.29, 1.82) is 0 Å². The van der Waals surface area contributed by atoms with Crippen LogP contribution in [0.3, 0.4) is 0 Å². The first-order valence-electron chi connectivity index (χ1n) is 10.1. The first-order valence-corrected chi connectivity index (χ1v) is 10.5. The summed E-state index contributed by atoms with van der Waals surface area (Å²) in [5, 5.41) is 10.8. The first kappa shape index (κ1) is 21.0. The second-order valence-corrected chi connectivity index (χ2v) is 9.60. The van der Waals surface area contributed by atoms with Crippen LogP contribution in [-0.2, 0) is 9.53 Å². The fraction of sp³-hybridized carbons (Fsp3) is 0.636. The summed E-state index contributed by atoms with van der Waals surface area (Å²) < 4.78 is 5.64. The van der Waals surface area contributed by atoms with Gasteiger partial charge in [0.2, 0.25) is 0 Å². The van der Waals surface area contributed by atoms with Crippen LogP contribution in [0, 0.1) is 5.41 Å². The number of amides is 1. The van der Waals surface area contributed by atoms with Gasteiger partial charge in [0.25, 0.3) is 0 Å². The van der Waals surface area contributed by atoms with E-state index in [0.717, 1.165) is 32.1 Å². The predicted molar refractivity (Wildman–Crippen MR) is 109 cm³/mol. The van der Waals surface area contributed by atoms with E-state index in [4.69, 9.17) is 16.3 Å². The van der Waals surface area contributed by atoms with Gasteiger partial charge in [-0.15, -0.1) is 0 Å². The molecule has 1 N–H and O–H groups in total. The molecule has 2 atom stereocenters. The third-order valence-corrected chi connectivity index (χ3v) is 6.35. The summed E-state index contributed by atoms with van der Waals surface area (Å²) in [4.78, 5) is 27.1. The number of halogens is 1. The second kappa shape index (κ2) is 7.94. The van der Waals surface area contributed by atoms with E-state index in [0.29, 0.717) is 17.1 Å². The molecule has 1 heterocycles. The van der Waals surface area contributed by atoms with Crippen molar-refractivity contribution in [2.45, 2.75) is 76.9 Å². The summed E-state index contributed by atoms with van der Waals surface area (Å²) in [6.07, 6.45) is 5.63. The molecule has 1 aliphatic heterocycles. The Labute approximate surface area is 172 Å². The van der Waals surface area contributed by atoms with Crippen molar-refractivity contribution in [3.05, 3.63) is 34.9 Å². The fourth-order valence-corrected chi connectivity index (χ4v) is 5.08. The van der Waals surface area contributed by atoms with Crippen LogP contribution in [0.1, 0.15) is 70.8 Å². The zero-order chi connectivity index (χ0) is 20.5. The summed E-state index contributed by atoms with van der Waals surface area (Å²) >= 11 is 6.02. The quantitative estimate of drug-likeness (QED) is 0.721. The molecule has 1 aromatic carbocycles. The number of nitrogens with zero attached hydrogens (tertiary/aromatic N) is 1. The molecule has 0 bridgehead atoms. The number of likely N-dealkylation sites (tertiary alicyclic amines) is 1. The average molecular weight is 408 g/mol. The van der Waals surface area contributed by atoms with Crippen LogP contribution in [0.4, 0.5) is 4.79 Å². The van der Waals surface area contributed by atoms with Crippen molar-refractivity contribution in [3.8, 4) is 0 Å². The van der Waals surface area contributed by atoms with E-state index < -0.39 is 29.6 Å². The van der Waals surface area contributed by atoms with Gasteiger partial charge in [-0.2, -0.15) is 0 Å². The molecule has 0 radical (unpaired) electrons. The Kier molecular flexibility index (Phi) is 5.95. The number of hydrogen-bond acceptors (Lipinski definition) is 3. The van der Waals surface area contributed by atoms with Crippen LogP contribution in [0.5, 0.6) is 0 Å². The van der Waals surface area contributed by atoms with Crippen molar-refractivity contribution in [2.75, 3.05) is 6.54 Å². The minimum absolute atomic E-state index is 0.169. The van der Waals surface area contributed by atoms with Gasteiger partial charge in [-0.3, -0.25) is 4.79 Å². The maximum absolute atomic E-state index is 13.0. The van der Waals surface area contributed by atoms with Gasteiger partial charge in [0.1, 0.15) is 11.5 Å². The normalized spacial score (nSPS) is 22.9. The standard InChI is InChI=1S/C22H30ClNO4/c1-21(2,3)28-20(27)24-14-13-22(11-5-4-6-12-22)18(24)17(19(25)26)15-7-9-16(23)10-8-15/h7-10,17-18H,4-6,11-14H2,1-3H3,(H,25,26)/t17-,18+/m0/s1. The van der Waals surface area contributed by atoms with Gasteiger partial charge in [0.15, 0.2) is 0 Å². The van der Waals surface area contributed by atoms with Crippen LogP contribution in [-0.4, -0.2) is 40.3 Å². The highest BCUT2D eigenvalue weighted by Crippen LogP contribution is 2.53. The van der Waals surface area contributed by atoms with E-state index in [1.807, 2.05) is 20.8 Å². The molecule has 1 aromatic rings. The van der Waals surface area contributed by atoms with E-state index in [1.165, 1.54) is 6.42 Å². The summed E-state index contributed by atoms with van der Waals surface area (Å²) in [7, 11) is 0. The predicted octanol–water partition coefficient (Wildman–Crippen LogP) is 5.47. The molecule has 1 spiro atoms. The molecule has 1 amide bonds. The van der Waals surface area contributed by atoms with E-state index in [1.54, 1.807) is 29.2 Å². The lowest BCUT2D eigenvalue weighted by Crippen LogP contribution is -2.50. The van der Waals surface area contributed by atoms with Gasteiger partial charge >= 0.3 is 12.1 Å². The Hall–Kier alpha value is -1.75. The van der Waals surface area contributed by atoms with Gasteiger partial charge in [0, 0.05) is 11.6 Å². The van der Waals surface area contributed by atoms with E-state index in [9.17, 15) is 14.7 Å². The summed E-state index contributed by atoms with van der Waals surface area (Å²) in [5.41, 5.74) is -0.108. The molecule has 1 saturated heterocycles. The number of carboxylic acid groups (broad SMARTS) is 1.